The van der Waals surface area contributed by atoms with Crippen molar-refractivity contribution in [1.82, 2.24) is 10.3 Å². The zero-order chi connectivity index (χ0) is 14.5. The molecule has 0 bridgehead atoms. The average molecular weight is 312 g/mol. The molecule has 0 spiro atoms. The minimum Gasteiger partial charge on any atom is -0.476 e. The second kappa shape index (κ2) is 6.36. The second-order valence-corrected chi connectivity index (χ2v) is 5.52. The van der Waals surface area contributed by atoms with Gasteiger partial charge in [0.2, 0.25) is 0 Å². The van der Waals surface area contributed by atoms with Gasteiger partial charge in [-0.05, 0) is 24.3 Å². The molecule has 2 aromatic heterocycles. The van der Waals surface area contributed by atoms with Crippen molar-refractivity contribution in [3.05, 3.63) is 45.4 Å². The van der Waals surface area contributed by atoms with Gasteiger partial charge < -0.3 is 15.7 Å². The smallest absolute Gasteiger partial charge is 0.356 e. The molecule has 2 heterocycles. The summed E-state index contributed by atoms with van der Waals surface area (Å²) in [6.07, 6.45) is 1.35. The highest BCUT2D eigenvalue weighted by Gasteiger charge is 2.13. The van der Waals surface area contributed by atoms with Crippen LogP contribution in [0, 0.1) is 0 Å². The van der Waals surface area contributed by atoms with E-state index in [9.17, 15) is 9.59 Å². The third kappa shape index (κ3) is 3.69. The summed E-state index contributed by atoms with van der Waals surface area (Å²) < 4.78 is 0.641. The Hall–Kier alpha value is -2.12. The van der Waals surface area contributed by atoms with E-state index in [-0.39, 0.29) is 11.4 Å². The second-order valence-electron chi connectivity index (χ2n) is 3.72. The number of thiophene rings is 1. The molecule has 0 radical (unpaired) electrons. The highest BCUT2D eigenvalue weighted by molar-refractivity contribution is 7.16. The summed E-state index contributed by atoms with van der Waals surface area (Å²) in [6.45, 7) is 0.311. The van der Waals surface area contributed by atoms with Crippen LogP contribution in [0.5, 0.6) is 0 Å². The molecule has 0 aliphatic rings. The third-order valence-corrected chi connectivity index (χ3v) is 3.54. The number of carboxylic acid groups (broad SMARTS) is 1. The first kappa shape index (κ1) is 14.3. The average Bonchev–Trinajstić information content (AvgIpc) is 2.83. The fourth-order valence-corrected chi connectivity index (χ4v) is 2.48. The molecule has 0 aromatic carbocycles. The normalized spacial score (nSPS) is 10.1. The van der Waals surface area contributed by atoms with Crippen molar-refractivity contribution in [2.24, 2.45) is 0 Å². The molecule has 0 atom stereocenters. The molecule has 8 heteroatoms. The molecule has 2 amide bonds. The van der Waals surface area contributed by atoms with Gasteiger partial charge in [-0.25, -0.2) is 14.6 Å². The molecular formula is C12H10ClN3O3S. The highest BCUT2D eigenvalue weighted by atomic mass is 35.5. The van der Waals surface area contributed by atoms with Gasteiger partial charge in [-0.1, -0.05) is 11.6 Å². The van der Waals surface area contributed by atoms with Crippen molar-refractivity contribution in [1.29, 1.82) is 0 Å². The summed E-state index contributed by atoms with van der Waals surface area (Å²) in [5.41, 5.74) is -0.0662. The van der Waals surface area contributed by atoms with Crippen LogP contribution in [-0.4, -0.2) is 22.1 Å². The lowest BCUT2D eigenvalue weighted by atomic mass is 10.3. The van der Waals surface area contributed by atoms with Crippen LogP contribution in [0.4, 0.5) is 10.5 Å². The zero-order valence-corrected chi connectivity index (χ0v) is 11.7. The molecule has 3 N–H and O–H groups in total. The molecule has 20 heavy (non-hydrogen) atoms. The number of pyridine rings is 1. The Morgan fingerprint density at radius 3 is 2.80 bits per heavy atom. The first-order valence-corrected chi connectivity index (χ1v) is 6.73. The van der Waals surface area contributed by atoms with Gasteiger partial charge in [0.25, 0.3) is 0 Å². The van der Waals surface area contributed by atoms with E-state index >= 15 is 0 Å². The quantitative estimate of drug-likeness (QED) is 0.809. The van der Waals surface area contributed by atoms with Crippen LogP contribution in [-0.2, 0) is 6.54 Å². The molecule has 104 valence electrons. The number of carboxylic acids is 1. The van der Waals surface area contributed by atoms with Crippen LogP contribution in [0.25, 0.3) is 0 Å². The van der Waals surface area contributed by atoms with Gasteiger partial charge >= 0.3 is 12.0 Å². The monoisotopic (exact) mass is 311 g/mol. The van der Waals surface area contributed by atoms with Gasteiger partial charge in [0, 0.05) is 11.1 Å². The van der Waals surface area contributed by atoms with Crippen LogP contribution in [0.2, 0.25) is 4.34 Å². The number of aromatic nitrogens is 1. The summed E-state index contributed by atoms with van der Waals surface area (Å²) in [4.78, 5) is 27.2. The number of aromatic carboxylic acids is 1. The van der Waals surface area contributed by atoms with E-state index in [1.165, 1.54) is 23.6 Å². The zero-order valence-electron chi connectivity index (χ0n) is 10.1. The van der Waals surface area contributed by atoms with E-state index in [0.717, 1.165) is 4.88 Å². The van der Waals surface area contributed by atoms with Gasteiger partial charge in [0.05, 0.1) is 16.6 Å². The van der Waals surface area contributed by atoms with Crippen molar-refractivity contribution in [2.45, 2.75) is 6.54 Å². The molecule has 0 saturated heterocycles. The first-order valence-electron chi connectivity index (χ1n) is 5.53. The van der Waals surface area contributed by atoms with Crippen LogP contribution in [0.15, 0.2) is 30.5 Å². The number of nitrogens with zero attached hydrogens (tertiary/aromatic N) is 1. The largest absolute Gasteiger partial charge is 0.476 e. The predicted octanol–water partition coefficient (Wildman–Crippen LogP) is 2.82. The Morgan fingerprint density at radius 2 is 2.15 bits per heavy atom. The molecule has 0 saturated carbocycles. The van der Waals surface area contributed by atoms with Gasteiger partial charge in [0.1, 0.15) is 0 Å². The number of nitrogens with one attached hydrogen (secondary N) is 2. The van der Waals surface area contributed by atoms with Gasteiger partial charge in [-0.15, -0.1) is 11.3 Å². The molecule has 0 unspecified atom stereocenters. The fraction of sp³-hybridized carbons (Fsp3) is 0.0833. The third-order valence-electron chi connectivity index (χ3n) is 2.31. The number of hydrogen-bond donors (Lipinski definition) is 3. The number of urea groups is 1. The van der Waals surface area contributed by atoms with Crippen molar-refractivity contribution >= 4 is 40.6 Å². The van der Waals surface area contributed by atoms with Gasteiger partial charge in [-0.2, -0.15) is 0 Å². The van der Waals surface area contributed by atoms with Gasteiger partial charge in [0.15, 0.2) is 5.69 Å². The molecule has 2 rings (SSSR count). The van der Waals surface area contributed by atoms with E-state index in [0.29, 0.717) is 10.9 Å². The number of carbonyl (C=O) groups excluding carboxylic acids is 1. The highest BCUT2D eigenvalue weighted by Crippen LogP contribution is 2.21. The van der Waals surface area contributed by atoms with E-state index in [1.807, 2.05) is 0 Å². The minimum atomic E-state index is -1.20. The maximum Gasteiger partial charge on any atom is 0.356 e. The number of halogens is 1. The summed E-state index contributed by atoms with van der Waals surface area (Å²) in [6, 6.07) is 6.05. The van der Waals surface area contributed by atoms with Crippen LogP contribution < -0.4 is 10.6 Å². The number of rotatable bonds is 4. The summed E-state index contributed by atoms with van der Waals surface area (Å²) in [5.74, 6) is -1.20. The maximum atomic E-state index is 11.7. The lowest BCUT2D eigenvalue weighted by Crippen LogP contribution is -2.28. The Bertz CT molecular complexity index is 644. The Labute approximate surface area is 123 Å². The van der Waals surface area contributed by atoms with Gasteiger partial charge in [-0.3, -0.25) is 0 Å². The molecule has 0 aliphatic heterocycles. The van der Waals surface area contributed by atoms with Crippen molar-refractivity contribution < 1.29 is 14.7 Å². The fourth-order valence-electron chi connectivity index (χ4n) is 1.46. The van der Waals surface area contributed by atoms with Crippen molar-refractivity contribution in [3.63, 3.8) is 0 Å². The van der Waals surface area contributed by atoms with Crippen molar-refractivity contribution in [2.75, 3.05) is 5.32 Å². The Kier molecular flexibility index (Phi) is 4.54. The molecule has 0 fully saturated rings. The molecule has 6 nitrogen and oxygen atoms in total. The molecule has 0 aliphatic carbocycles. The van der Waals surface area contributed by atoms with Crippen LogP contribution >= 0.6 is 22.9 Å². The first-order chi connectivity index (χ1) is 9.56. The number of anilines is 1. The van der Waals surface area contributed by atoms with E-state index in [1.54, 1.807) is 18.2 Å². The number of carbonyl (C=O) groups is 2. The minimum absolute atomic E-state index is 0.140. The maximum absolute atomic E-state index is 11.7. The Morgan fingerprint density at radius 1 is 1.35 bits per heavy atom. The summed E-state index contributed by atoms with van der Waals surface area (Å²) in [5, 5.41) is 14.0. The molecular weight excluding hydrogens is 302 g/mol. The lowest BCUT2D eigenvalue weighted by molar-refractivity contribution is 0.0692. The number of amides is 2. The summed E-state index contributed by atoms with van der Waals surface area (Å²) >= 11 is 7.14. The van der Waals surface area contributed by atoms with Crippen molar-refractivity contribution in [3.8, 4) is 0 Å². The summed E-state index contributed by atoms with van der Waals surface area (Å²) in [7, 11) is 0. The van der Waals surface area contributed by atoms with Crippen LogP contribution in [0.1, 0.15) is 15.4 Å². The standard InChI is InChI=1S/C12H10ClN3O3S/c13-9-4-3-7(20-9)6-15-12(19)16-8-2-1-5-14-10(8)11(17)18/h1-5H,6H2,(H,17,18)(H2,15,16,19). The Balaban J connectivity index is 1.96. The topological polar surface area (TPSA) is 91.3 Å². The SMILES string of the molecule is O=C(NCc1ccc(Cl)s1)Nc1cccnc1C(=O)O. The molecule has 2 aromatic rings. The lowest BCUT2D eigenvalue weighted by Gasteiger charge is -2.08. The number of hydrogen-bond acceptors (Lipinski definition) is 4. The van der Waals surface area contributed by atoms with E-state index < -0.39 is 12.0 Å². The predicted molar refractivity (Wildman–Crippen MR) is 76.4 cm³/mol. The van der Waals surface area contributed by atoms with E-state index in [2.05, 4.69) is 15.6 Å². The van der Waals surface area contributed by atoms with Crippen LogP contribution in [0.3, 0.4) is 0 Å². The van der Waals surface area contributed by atoms with E-state index in [4.69, 9.17) is 16.7 Å².